The molecule has 15 nitrogen and oxygen atoms in total. The van der Waals surface area contributed by atoms with Crippen LogP contribution in [0.5, 0.6) is 0 Å². The van der Waals surface area contributed by atoms with E-state index in [0.29, 0.717) is 45.3 Å². The zero-order valence-electron chi connectivity index (χ0n) is 32.6. The van der Waals surface area contributed by atoms with Crippen LogP contribution in [0.25, 0.3) is 6.08 Å². The largest absolute Gasteiger partial charge is 0.465 e. The van der Waals surface area contributed by atoms with E-state index in [2.05, 4.69) is 17.2 Å². The molecule has 1 heterocycles. The molecule has 3 rings (SSSR count). The van der Waals surface area contributed by atoms with Gasteiger partial charge < -0.3 is 25.5 Å². The van der Waals surface area contributed by atoms with Gasteiger partial charge in [-0.05, 0) is 74.5 Å². The van der Waals surface area contributed by atoms with E-state index in [4.69, 9.17) is 4.18 Å². The average Bonchev–Trinajstić information content (AvgIpc) is 3.61. The summed E-state index contributed by atoms with van der Waals surface area (Å²) in [6.45, 7) is 15.8. The fourth-order valence-corrected chi connectivity index (χ4v) is 7.36. The Hall–Kier alpha value is -4.44. The lowest BCUT2D eigenvalue weighted by Gasteiger charge is -2.36. The zero-order chi connectivity index (χ0) is 40.4. The first-order valence-corrected chi connectivity index (χ1v) is 19.9. The number of carbonyl (C=O) groups is 5. The smallest absolute Gasteiger partial charge is 0.407 e. The molecule has 3 unspecified atom stereocenters. The maximum absolute atomic E-state index is 14.2. The van der Waals surface area contributed by atoms with E-state index in [1.54, 1.807) is 20.9 Å². The van der Waals surface area contributed by atoms with Gasteiger partial charge in [-0.1, -0.05) is 70.5 Å². The molecule has 1 fully saturated rings. The molecule has 16 heteroatoms. The number of nitrogens with one attached hydrogen (secondary N) is 3. The highest BCUT2D eigenvalue weighted by Crippen LogP contribution is 2.39. The van der Waals surface area contributed by atoms with Gasteiger partial charge in [0, 0.05) is 26.7 Å². The summed E-state index contributed by atoms with van der Waals surface area (Å²) in [5.41, 5.74) is 1.60. The maximum atomic E-state index is 14.2. The van der Waals surface area contributed by atoms with Crippen molar-refractivity contribution in [3.63, 3.8) is 0 Å². The maximum Gasteiger partial charge on any atom is 0.407 e. The van der Waals surface area contributed by atoms with Crippen molar-refractivity contribution in [1.29, 1.82) is 0 Å². The van der Waals surface area contributed by atoms with E-state index in [1.165, 1.54) is 20.8 Å². The molecule has 0 spiro atoms. The number of benzene rings is 1. The monoisotopic (exact) mass is 774 g/mol. The summed E-state index contributed by atoms with van der Waals surface area (Å²) >= 11 is 0. The highest BCUT2D eigenvalue weighted by Gasteiger charge is 2.44. The summed E-state index contributed by atoms with van der Waals surface area (Å²) in [7, 11) is -2.81. The molecule has 1 aromatic rings. The Kier molecular flexibility index (Phi) is 15.3. The van der Waals surface area contributed by atoms with Gasteiger partial charge >= 0.3 is 22.4 Å². The van der Waals surface area contributed by atoms with Crippen LogP contribution in [0.3, 0.4) is 0 Å². The molecular formula is C38H58N6O9S. The van der Waals surface area contributed by atoms with Gasteiger partial charge in [0.05, 0.1) is 12.1 Å². The topological polar surface area (TPSA) is 195 Å². The van der Waals surface area contributed by atoms with Crippen LogP contribution in [0.2, 0.25) is 0 Å². The van der Waals surface area contributed by atoms with E-state index in [9.17, 15) is 37.5 Å². The summed E-state index contributed by atoms with van der Waals surface area (Å²) in [5, 5.41) is 14.9. The van der Waals surface area contributed by atoms with Crippen LogP contribution in [-0.2, 0) is 42.0 Å². The third-order valence-electron chi connectivity index (χ3n) is 9.37. The molecule has 300 valence electrons. The van der Waals surface area contributed by atoms with E-state index in [-0.39, 0.29) is 31.2 Å². The molecule has 2 aliphatic rings. The van der Waals surface area contributed by atoms with E-state index < -0.39 is 63.9 Å². The Labute approximate surface area is 319 Å². The Morgan fingerprint density at radius 3 is 2.33 bits per heavy atom. The van der Waals surface area contributed by atoms with Crippen LogP contribution < -0.4 is 15.4 Å². The Balaban J connectivity index is 1.70. The van der Waals surface area contributed by atoms with Gasteiger partial charge in [0.25, 0.3) is 5.91 Å². The highest BCUT2D eigenvalue weighted by atomic mass is 32.2. The molecule has 0 radical (unpaired) electrons. The van der Waals surface area contributed by atoms with Crippen molar-refractivity contribution in [2.45, 2.75) is 123 Å². The lowest BCUT2D eigenvalue weighted by Crippen LogP contribution is -2.59. The van der Waals surface area contributed by atoms with Gasteiger partial charge in [-0.3, -0.25) is 19.3 Å². The number of nitrogens with zero attached hydrogens (tertiary/aromatic N) is 3. The van der Waals surface area contributed by atoms with Gasteiger partial charge in [0.2, 0.25) is 11.8 Å². The minimum atomic E-state index is -4.43. The second-order valence-electron chi connectivity index (χ2n) is 15.5. The Morgan fingerprint density at radius 1 is 1.07 bits per heavy atom. The second kappa shape index (κ2) is 18.7. The first kappa shape index (κ1) is 44.0. The Bertz CT molecular complexity index is 1690. The molecule has 4 N–H and O–H groups in total. The van der Waals surface area contributed by atoms with Gasteiger partial charge in [-0.15, -0.1) is 6.58 Å². The van der Waals surface area contributed by atoms with Crippen LogP contribution in [-0.4, -0.2) is 102 Å². The number of fused-ring (bicyclic) bond motifs is 1. The normalized spacial score (nSPS) is 16.5. The molecule has 1 aliphatic heterocycles. The molecule has 1 aliphatic carbocycles. The molecule has 0 aromatic heterocycles. The Morgan fingerprint density at radius 2 is 1.76 bits per heavy atom. The van der Waals surface area contributed by atoms with Crippen LogP contribution in [0.1, 0.15) is 103 Å². The molecule has 0 bridgehead atoms. The van der Waals surface area contributed by atoms with Crippen LogP contribution in [0, 0.1) is 5.41 Å². The fourth-order valence-electron chi connectivity index (χ4n) is 6.23. The van der Waals surface area contributed by atoms with Gasteiger partial charge in [-0.25, -0.2) is 18.5 Å². The molecular weight excluding hydrogens is 717 g/mol. The van der Waals surface area contributed by atoms with Gasteiger partial charge in [0.1, 0.15) is 18.1 Å². The molecule has 3 atom stereocenters. The minimum Gasteiger partial charge on any atom is -0.465 e. The molecule has 54 heavy (non-hydrogen) atoms. The summed E-state index contributed by atoms with van der Waals surface area (Å²) in [5.74, 6) is -2.11. The number of hydrogen-bond donors (Lipinski definition) is 4. The minimum absolute atomic E-state index is 0.0790. The fraction of sp³-hybridized carbons (Fsp3) is 0.605. The standard InChI is InChI=1S/C38H58N6O9S/c1-9-15-29(32(45)41-54(51,52)53-38(7)20-21-38)39-33(46)31(16-10-2)44(11-3)34(47)30(23-37(4,5)6)40-35(48)42(8)22-13-12-17-26-18-14-19-27-24-43(36(49)50)25-28(26)27/h9,12,14,17-19,29-31H,1,10-11,13,15-16,20-25H2,2-8H3,(H,39,46)(H,40,48)(H,41,45)(H,49,50). The second-order valence-corrected chi connectivity index (χ2v) is 16.8. The third kappa shape index (κ3) is 12.9. The van der Waals surface area contributed by atoms with Crippen molar-refractivity contribution in [3.8, 4) is 0 Å². The predicted octanol–water partition coefficient (Wildman–Crippen LogP) is 4.54. The lowest BCUT2D eigenvalue weighted by atomic mass is 9.87. The SMILES string of the molecule is C=CCC(NC(=O)C(CCC)N(CC)C(=O)C(CC(C)(C)C)NC(=O)N(C)CCC=Cc1cccc2c1CN(C(=O)O)C2)C(=O)NS(=O)(=O)OC1(C)CC1. The highest BCUT2D eigenvalue weighted by molar-refractivity contribution is 7.85. The van der Waals surface area contributed by atoms with Crippen molar-refractivity contribution >= 4 is 46.2 Å². The van der Waals surface area contributed by atoms with Crippen LogP contribution in [0.4, 0.5) is 9.59 Å². The number of carboxylic acid groups (broad SMARTS) is 1. The number of likely N-dealkylation sites (N-methyl/N-ethyl adjacent to an activating group) is 1. The van der Waals surface area contributed by atoms with Crippen molar-refractivity contribution < 1.29 is 41.7 Å². The molecule has 1 aromatic carbocycles. The van der Waals surface area contributed by atoms with E-state index in [0.717, 1.165) is 16.7 Å². The van der Waals surface area contributed by atoms with Crippen LogP contribution >= 0.6 is 0 Å². The summed E-state index contributed by atoms with van der Waals surface area (Å²) in [6.07, 6.45) is 6.77. The third-order valence-corrected chi connectivity index (χ3v) is 10.4. The van der Waals surface area contributed by atoms with E-state index >= 15 is 0 Å². The van der Waals surface area contributed by atoms with Crippen molar-refractivity contribution in [2.75, 3.05) is 20.1 Å². The van der Waals surface area contributed by atoms with Crippen molar-refractivity contribution in [2.24, 2.45) is 5.41 Å². The first-order chi connectivity index (χ1) is 25.2. The van der Waals surface area contributed by atoms with Gasteiger partial charge in [-0.2, -0.15) is 8.42 Å². The zero-order valence-corrected chi connectivity index (χ0v) is 33.5. The number of urea groups is 1. The average molecular weight is 775 g/mol. The van der Waals surface area contributed by atoms with Crippen molar-refractivity contribution in [1.82, 2.24) is 30.1 Å². The number of hydrogen-bond acceptors (Lipinski definition) is 8. The van der Waals surface area contributed by atoms with Gasteiger partial charge in [0.15, 0.2) is 0 Å². The molecule has 0 saturated heterocycles. The summed E-state index contributed by atoms with van der Waals surface area (Å²) in [6, 6.07) is 1.96. The molecule has 1 saturated carbocycles. The number of amides is 6. The lowest BCUT2D eigenvalue weighted by molar-refractivity contribution is -0.143. The van der Waals surface area contributed by atoms with Crippen LogP contribution in [0.15, 0.2) is 36.9 Å². The predicted molar refractivity (Wildman–Crippen MR) is 205 cm³/mol. The number of rotatable bonds is 19. The molecule has 6 amide bonds. The quantitative estimate of drug-likeness (QED) is 0.146. The summed E-state index contributed by atoms with van der Waals surface area (Å²) in [4.78, 5) is 70.2. The summed E-state index contributed by atoms with van der Waals surface area (Å²) < 4.78 is 32.0. The van der Waals surface area contributed by atoms with E-state index in [1.807, 2.05) is 62.8 Å². The van der Waals surface area contributed by atoms with Crippen molar-refractivity contribution in [3.05, 3.63) is 53.6 Å². The first-order valence-electron chi connectivity index (χ1n) is 18.5. The number of carbonyl (C=O) groups excluding carboxylic acids is 4.